The number of oxime groups is 1. The molecule has 0 saturated heterocycles. The van der Waals surface area contributed by atoms with Gasteiger partial charge in [0.1, 0.15) is 5.75 Å². The molecule has 1 heterocycles. The third kappa shape index (κ3) is 4.39. The Balaban J connectivity index is 1.82. The van der Waals surface area contributed by atoms with E-state index < -0.39 is 0 Å². The molecule has 4 nitrogen and oxygen atoms in total. The van der Waals surface area contributed by atoms with Crippen molar-refractivity contribution in [3.63, 3.8) is 0 Å². The van der Waals surface area contributed by atoms with Crippen LogP contribution in [0.2, 0.25) is 0 Å². The largest absolute Gasteiger partial charge is 0.493 e. The summed E-state index contributed by atoms with van der Waals surface area (Å²) >= 11 is 0. The second kappa shape index (κ2) is 7.28. The summed E-state index contributed by atoms with van der Waals surface area (Å²) in [5.41, 5.74) is 2.95. The number of ether oxygens (including phenoxy) is 1. The molecule has 0 radical (unpaired) electrons. The molecule has 2 rings (SSSR count). The molecule has 0 aliphatic rings. The van der Waals surface area contributed by atoms with Crippen molar-refractivity contribution in [2.75, 3.05) is 6.61 Å². The van der Waals surface area contributed by atoms with Gasteiger partial charge in [-0.1, -0.05) is 23.4 Å². The fraction of sp³-hybridized carbons (Fsp3) is 0.250. The lowest BCUT2D eigenvalue weighted by atomic mass is 10.1. The van der Waals surface area contributed by atoms with Crippen LogP contribution in [0.3, 0.4) is 0 Å². The van der Waals surface area contributed by atoms with Crippen LogP contribution in [0.4, 0.5) is 0 Å². The van der Waals surface area contributed by atoms with E-state index in [1.807, 2.05) is 42.6 Å². The molecule has 0 spiro atoms. The zero-order valence-electron chi connectivity index (χ0n) is 11.5. The maximum atomic E-state index is 8.63. The van der Waals surface area contributed by atoms with Crippen molar-refractivity contribution >= 4 is 5.71 Å². The van der Waals surface area contributed by atoms with Gasteiger partial charge in [-0.2, -0.15) is 0 Å². The lowest BCUT2D eigenvalue weighted by Gasteiger charge is -2.07. The highest BCUT2D eigenvalue weighted by Crippen LogP contribution is 2.13. The first-order chi connectivity index (χ1) is 9.78. The van der Waals surface area contributed by atoms with Crippen LogP contribution in [-0.2, 0) is 12.8 Å². The van der Waals surface area contributed by atoms with Crippen molar-refractivity contribution in [1.29, 1.82) is 0 Å². The molecule has 0 atom stereocenters. The van der Waals surface area contributed by atoms with Gasteiger partial charge in [-0.3, -0.25) is 4.98 Å². The van der Waals surface area contributed by atoms with Gasteiger partial charge in [-0.15, -0.1) is 0 Å². The lowest BCUT2D eigenvalue weighted by Crippen LogP contribution is -2.02. The molecule has 1 aromatic heterocycles. The summed E-state index contributed by atoms with van der Waals surface area (Å²) in [5, 5.41) is 11.8. The Morgan fingerprint density at radius 2 is 2.00 bits per heavy atom. The highest BCUT2D eigenvalue weighted by atomic mass is 16.5. The van der Waals surface area contributed by atoms with Gasteiger partial charge >= 0.3 is 0 Å². The quantitative estimate of drug-likeness (QED) is 0.498. The normalized spacial score (nSPS) is 11.3. The van der Waals surface area contributed by atoms with Gasteiger partial charge in [-0.05, 0) is 36.2 Å². The molecule has 0 amide bonds. The van der Waals surface area contributed by atoms with Crippen LogP contribution in [0.1, 0.15) is 18.1 Å². The van der Waals surface area contributed by atoms with E-state index in [4.69, 9.17) is 9.94 Å². The first-order valence-electron chi connectivity index (χ1n) is 6.56. The van der Waals surface area contributed by atoms with Gasteiger partial charge in [0.25, 0.3) is 0 Å². The molecule has 20 heavy (non-hydrogen) atoms. The average Bonchev–Trinajstić information content (AvgIpc) is 2.50. The highest BCUT2D eigenvalue weighted by Gasteiger charge is 1.99. The van der Waals surface area contributed by atoms with Gasteiger partial charge < -0.3 is 9.94 Å². The molecule has 0 fully saturated rings. The predicted molar refractivity (Wildman–Crippen MR) is 78.5 cm³/mol. The molecule has 0 aliphatic heterocycles. The second-order valence-corrected chi connectivity index (χ2v) is 4.62. The summed E-state index contributed by atoms with van der Waals surface area (Å²) in [6.07, 6.45) is 5.10. The maximum absolute atomic E-state index is 8.63. The minimum Gasteiger partial charge on any atom is -0.493 e. The van der Waals surface area contributed by atoms with E-state index in [0.717, 1.165) is 17.7 Å². The van der Waals surface area contributed by atoms with Crippen LogP contribution in [0.25, 0.3) is 0 Å². The van der Waals surface area contributed by atoms with E-state index in [0.29, 0.717) is 18.7 Å². The molecule has 1 aromatic carbocycles. The smallest absolute Gasteiger partial charge is 0.119 e. The Morgan fingerprint density at radius 1 is 1.20 bits per heavy atom. The molecular formula is C16H18N2O2. The van der Waals surface area contributed by atoms with Gasteiger partial charge in [0.2, 0.25) is 0 Å². The molecule has 104 valence electrons. The highest BCUT2D eigenvalue weighted by molar-refractivity contribution is 5.83. The van der Waals surface area contributed by atoms with E-state index >= 15 is 0 Å². The first kappa shape index (κ1) is 14.1. The Bertz CT molecular complexity index is 550. The second-order valence-electron chi connectivity index (χ2n) is 4.62. The third-order valence-corrected chi connectivity index (χ3v) is 2.94. The fourth-order valence-electron chi connectivity index (χ4n) is 1.87. The molecule has 4 heteroatoms. The molecular weight excluding hydrogens is 252 g/mol. The third-order valence-electron chi connectivity index (χ3n) is 2.94. The first-order valence-corrected chi connectivity index (χ1v) is 6.56. The van der Waals surface area contributed by atoms with Crippen molar-refractivity contribution in [3.8, 4) is 5.75 Å². The summed E-state index contributed by atoms with van der Waals surface area (Å²) in [6.45, 7) is 2.42. The number of hydrogen-bond donors (Lipinski definition) is 1. The maximum Gasteiger partial charge on any atom is 0.119 e. The van der Waals surface area contributed by atoms with E-state index in [2.05, 4.69) is 10.1 Å². The standard InChI is InChI=1S/C16H18N2O2/c1-13(18-19)11-14-4-6-16(7-5-14)20-10-8-15-3-2-9-17-12-15/h2-7,9,12,19H,8,10-11H2,1H3/b18-13-. The van der Waals surface area contributed by atoms with E-state index in [-0.39, 0.29) is 0 Å². The van der Waals surface area contributed by atoms with Crippen molar-refractivity contribution in [3.05, 3.63) is 59.9 Å². The Morgan fingerprint density at radius 3 is 2.65 bits per heavy atom. The van der Waals surface area contributed by atoms with Crippen molar-refractivity contribution < 1.29 is 9.94 Å². The summed E-state index contributed by atoms with van der Waals surface area (Å²) in [4.78, 5) is 4.07. The van der Waals surface area contributed by atoms with Gasteiger partial charge in [0.15, 0.2) is 0 Å². The van der Waals surface area contributed by atoms with Crippen molar-refractivity contribution in [2.45, 2.75) is 19.8 Å². The van der Waals surface area contributed by atoms with Crippen LogP contribution < -0.4 is 4.74 Å². The SMILES string of the molecule is C/C(Cc1ccc(OCCc2cccnc2)cc1)=N/O. The van der Waals surface area contributed by atoms with E-state index in [1.165, 1.54) is 5.56 Å². The van der Waals surface area contributed by atoms with Crippen LogP contribution >= 0.6 is 0 Å². The van der Waals surface area contributed by atoms with Crippen molar-refractivity contribution in [2.24, 2.45) is 5.16 Å². The zero-order valence-corrected chi connectivity index (χ0v) is 11.5. The molecule has 0 bridgehead atoms. The number of aromatic nitrogens is 1. The molecule has 0 unspecified atom stereocenters. The van der Waals surface area contributed by atoms with Crippen molar-refractivity contribution in [1.82, 2.24) is 4.98 Å². The Hall–Kier alpha value is -2.36. The van der Waals surface area contributed by atoms with Crippen LogP contribution in [0, 0.1) is 0 Å². The number of rotatable bonds is 6. The minimum absolute atomic E-state index is 0.627. The van der Waals surface area contributed by atoms with Crippen LogP contribution in [-0.4, -0.2) is 22.5 Å². The number of hydrogen-bond acceptors (Lipinski definition) is 4. The van der Waals surface area contributed by atoms with Gasteiger partial charge in [0, 0.05) is 25.2 Å². The van der Waals surface area contributed by atoms with Gasteiger partial charge in [-0.25, -0.2) is 0 Å². The summed E-state index contributed by atoms with van der Waals surface area (Å²) in [5.74, 6) is 0.844. The van der Waals surface area contributed by atoms with E-state index in [1.54, 1.807) is 13.1 Å². The average molecular weight is 270 g/mol. The monoisotopic (exact) mass is 270 g/mol. The van der Waals surface area contributed by atoms with E-state index in [9.17, 15) is 0 Å². The van der Waals surface area contributed by atoms with Gasteiger partial charge in [0.05, 0.1) is 12.3 Å². The Labute approximate surface area is 118 Å². The number of benzene rings is 1. The van der Waals surface area contributed by atoms with Crippen LogP contribution in [0.15, 0.2) is 53.9 Å². The minimum atomic E-state index is 0.627. The summed E-state index contributed by atoms with van der Waals surface area (Å²) in [7, 11) is 0. The molecule has 0 aliphatic carbocycles. The summed E-state index contributed by atoms with van der Waals surface area (Å²) < 4.78 is 5.69. The van der Waals surface area contributed by atoms with Crippen LogP contribution in [0.5, 0.6) is 5.75 Å². The summed E-state index contributed by atoms with van der Waals surface area (Å²) in [6, 6.07) is 11.8. The lowest BCUT2D eigenvalue weighted by molar-refractivity contribution is 0.317. The zero-order chi connectivity index (χ0) is 14.2. The number of nitrogens with zero attached hydrogens (tertiary/aromatic N) is 2. The Kier molecular flexibility index (Phi) is 5.12. The molecule has 1 N–H and O–H groups in total. The molecule has 2 aromatic rings. The molecule has 0 saturated carbocycles. The fourth-order valence-corrected chi connectivity index (χ4v) is 1.87. The predicted octanol–water partition coefficient (Wildman–Crippen LogP) is 3.10. The topological polar surface area (TPSA) is 54.7 Å². The number of pyridine rings is 1.